The Bertz CT molecular complexity index is 227. The molecule has 3 fully saturated rings. The van der Waals surface area contributed by atoms with Gasteiger partial charge in [0.2, 0.25) is 0 Å². The summed E-state index contributed by atoms with van der Waals surface area (Å²) in [6.07, 6.45) is 11.2. The third-order valence-corrected chi connectivity index (χ3v) is 4.99. The van der Waals surface area contributed by atoms with Gasteiger partial charge in [-0.05, 0) is 31.1 Å². The van der Waals surface area contributed by atoms with Gasteiger partial charge in [0.15, 0.2) is 0 Å². The minimum atomic E-state index is 0.463. The summed E-state index contributed by atoms with van der Waals surface area (Å²) >= 11 is 0. The Balaban J connectivity index is 1.57. The lowest BCUT2D eigenvalue weighted by Crippen LogP contribution is -2.65. The molecular formula is C13H24N2. The molecule has 3 rings (SSSR count). The fourth-order valence-corrected chi connectivity index (χ4v) is 3.81. The molecule has 15 heavy (non-hydrogen) atoms. The molecule has 2 unspecified atom stereocenters. The molecule has 2 aliphatic carbocycles. The van der Waals surface area contributed by atoms with E-state index in [9.17, 15) is 0 Å². The molecule has 3 aliphatic rings. The van der Waals surface area contributed by atoms with Gasteiger partial charge in [-0.3, -0.25) is 4.90 Å². The number of hydrogen-bond acceptors (Lipinski definition) is 2. The first-order valence-electron chi connectivity index (χ1n) is 6.79. The Labute approximate surface area is 93.2 Å². The molecule has 1 saturated heterocycles. The largest absolute Gasteiger partial charge is 0.326 e. The molecule has 2 nitrogen and oxygen atoms in total. The van der Waals surface area contributed by atoms with Crippen molar-refractivity contribution in [1.29, 1.82) is 0 Å². The predicted octanol–water partition coefficient (Wildman–Crippen LogP) is 2.13. The first kappa shape index (κ1) is 10.1. The van der Waals surface area contributed by atoms with Crippen LogP contribution in [0.4, 0.5) is 0 Å². The van der Waals surface area contributed by atoms with Crippen molar-refractivity contribution in [2.75, 3.05) is 13.1 Å². The maximum absolute atomic E-state index is 6.30. The van der Waals surface area contributed by atoms with Crippen LogP contribution in [0, 0.1) is 5.41 Å². The Hall–Kier alpha value is -0.0800. The van der Waals surface area contributed by atoms with Crippen LogP contribution in [0.15, 0.2) is 0 Å². The first-order chi connectivity index (χ1) is 7.29. The second-order valence-electron chi connectivity index (χ2n) is 6.13. The van der Waals surface area contributed by atoms with Crippen LogP contribution in [0.5, 0.6) is 0 Å². The molecule has 2 atom stereocenters. The van der Waals surface area contributed by atoms with E-state index >= 15 is 0 Å². The molecule has 2 saturated carbocycles. The molecule has 0 bridgehead atoms. The highest BCUT2D eigenvalue weighted by Crippen LogP contribution is 2.49. The number of likely N-dealkylation sites (tertiary alicyclic amines) is 1. The van der Waals surface area contributed by atoms with Crippen LogP contribution < -0.4 is 5.73 Å². The number of rotatable bonds is 1. The van der Waals surface area contributed by atoms with Crippen LogP contribution in [-0.4, -0.2) is 30.1 Å². The van der Waals surface area contributed by atoms with Crippen molar-refractivity contribution >= 4 is 0 Å². The van der Waals surface area contributed by atoms with Gasteiger partial charge >= 0.3 is 0 Å². The van der Waals surface area contributed by atoms with Crippen molar-refractivity contribution in [3.63, 3.8) is 0 Å². The molecule has 0 amide bonds. The maximum atomic E-state index is 6.30. The van der Waals surface area contributed by atoms with Gasteiger partial charge in [-0.1, -0.05) is 25.7 Å². The van der Waals surface area contributed by atoms with E-state index in [0.717, 1.165) is 11.5 Å². The van der Waals surface area contributed by atoms with Crippen LogP contribution in [0.3, 0.4) is 0 Å². The van der Waals surface area contributed by atoms with Crippen LogP contribution in [-0.2, 0) is 0 Å². The maximum Gasteiger partial charge on any atom is 0.0247 e. The molecule has 0 aromatic heterocycles. The van der Waals surface area contributed by atoms with E-state index in [1.807, 2.05) is 0 Å². The highest BCUT2D eigenvalue weighted by Gasteiger charge is 2.49. The van der Waals surface area contributed by atoms with E-state index in [4.69, 9.17) is 5.73 Å². The number of nitrogens with zero attached hydrogens (tertiary/aromatic N) is 1. The fraction of sp³-hybridized carbons (Fsp3) is 1.00. The van der Waals surface area contributed by atoms with Gasteiger partial charge in [-0.2, -0.15) is 0 Å². The van der Waals surface area contributed by atoms with Crippen molar-refractivity contribution in [1.82, 2.24) is 4.90 Å². The summed E-state index contributed by atoms with van der Waals surface area (Å²) in [7, 11) is 0. The molecule has 1 spiro atoms. The van der Waals surface area contributed by atoms with E-state index in [1.54, 1.807) is 0 Å². The third kappa shape index (κ3) is 1.72. The highest BCUT2D eigenvalue weighted by atomic mass is 15.3. The van der Waals surface area contributed by atoms with Gasteiger partial charge in [0.1, 0.15) is 0 Å². The van der Waals surface area contributed by atoms with Crippen LogP contribution >= 0.6 is 0 Å². The predicted molar refractivity (Wildman–Crippen MR) is 62.7 cm³/mol. The van der Waals surface area contributed by atoms with Crippen LogP contribution in [0.2, 0.25) is 0 Å². The first-order valence-corrected chi connectivity index (χ1v) is 6.79. The molecule has 1 aliphatic heterocycles. The summed E-state index contributed by atoms with van der Waals surface area (Å²) in [5, 5.41) is 0. The summed E-state index contributed by atoms with van der Waals surface area (Å²) in [6, 6.07) is 1.18. The lowest BCUT2D eigenvalue weighted by molar-refractivity contribution is -0.0887. The second kappa shape index (κ2) is 3.74. The molecule has 1 heterocycles. The molecule has 2 N–H and O–H groups in total. The molecule has 0 aromatic rings. The SMILES string of the molecule is NC1CCCCCC1N1CC2(CCC2)C1. The van der Waals surface area contributed by atoms with Crippen molar-refractivity contribution in [2.45, 2.75) is 63.5 Å². The summed E-state index contributed by atoms with van der Waals surface area (Å²) < 4.78 is 0. The Kier molecular flexibility index (Phi) is 2.52. The van der Waals surface area contributed by atoms with Crippen molar-refractivity contribution in [2.24, 2.45) is 11.1 Å². The van der Waals surface area contributed by atoms with E-state index < -0.39 is 0 Å². The Morgan fingerprint density at radius 2 is 1.67 bits per heavy atom. The zero-order valence-corrected chi connectivity index (χ0v) is 9.75. The lowest BCUT2D eigenvalue weighted by atomic mass is 9.63. The van der Waals surface area contributed by atoms with Crippen LogP contribution in [0.25, 0.3) is 0 Å². The van der Waals surface area contributed by atoms with Gasteiger partial charge in [-0.15, -0.1) is 0 Å². The zero-order chi connectivity index (χ0) is 10.3. The second-order valence-corrected chi connectivity index (χ2v) is 6.13. The van der Waals surface area contributed by atoms with Gasteiger partial charge < -0.3 is 5.73 Å². The summed E-state index contributed by atoms with van der Waals surface area (Å²) in [4.78, 5) is 2.69. The Morgan fingerprint density at radius 3 is 2.33 bits per heavy atom. The minimum absolute atomic E-state index is 0.463. The van der Waals surface area contributed by atoms with Crippen molar-refractivity contribution < 1.29 is 0 Å². The smallest absolute Gasteiger partial charge is 0.0247 e. The van der Waals surface area contributed by atoms with Gasteiger partial charge in [0.05, 0.1) is 0 Å². The molecule has 2 heteroatoms. The Morgan fingerprint density at radius 1 is 0.933 bits per heavy atom. The molecule has 0 aromatic carbocycles. The van der Waals surface area contributed by atoms with Gasteiger partial charge in [0, 0.05) is 25.2 Å². The lowest BCUT2D eigenvalue weighted by Gasteiger charge is -2.59. The zero-order valence-electron chi connectivity index (χ0n) is 9.75. The van der Waals surface area contributed by atoms with Crippen LogP contribution in [0.1, 0.15) is 51.4 Å². The minimum Gasteiger partial charge on any atom is -0.326 e. The quantitative estimate of drug-likeness (QED) is 0.669. The number of hydrogen-bond donors (Lipinski definition) is 1. The van der Waals surface area contributed by atoms with E-state index in [0.29, 0.717) is 6.04 Å². The topological polar surface area (TPSA) is 29.3 Å². The average molecular weight is 208 g/mol. The number of nitrogens with two attached hydrogens (primary N) is 1. The van der Waals surface area contributed by atoms with E-state index in [1.165, 1.54) is 64.5 Å². The standard InChI is InChI=1S/C13H24N2/c14-11-5-2-1-3-6-12(11)15-9-13(10-15)7-4-8-13/h11-12H,1-10,14H2. The summed E-state index contributed by atoms with van der Waals surface area (Å²) in [6.45, 7) is 2.73. The fourth-order valence-electron chi connectivity index (χ4n) is 3.81. The normalized spacial score (nSPS) is 40.6. The van der Waals surface area contributed by atoms with E-state index in [-0.39, 0.29) is 0 Å². The third-order valence-electron chi connectivity index (χ3n) is 4.99. The summed E-state index contributed by atoms with van der Waals surface area (Å²) in [5.41, 5.74) is 7.07. The van der Waals surface area contributed by atoms with E-state index in [2.05, 4.69) is 4.90 Å². The molecular weight excluding hydrogens is 184 g/mol. The van der Waals surface area contributed by atoms with Gasteiger partial charge in [0.25, 0.3) is 0 Å². The average Bonchev–Trinajstić information content (AvgIpc) is 2.27. The molecule has 86 valence electrons. The highest BCUT2D eigenvalue weighted by molar-refractivity contribution is 5.03. The summed E-state index contributed by atoms with van der Waals surface area (Å²) in [5.74, 6) is 0. The monoisotopic (exact) mass is 208 g/mol. The van der Waals surface area contributed by atoms with Gasteiger partial charge in [-0.25, -0.2) is 0 Å². The molecule has 0 radical (unpaired) electrons. The van der Waals surface area contributed by atoms with Crippen molar-refractivity contribution in [3.05, 3.63) is 0 Å². The van der Waals surface area contributed by atoms with Crippen molar-refractivity contribution in [3.8, 4) is 0 Å².